The number of fused-ring (bicyclic) bond motifs is 1. The Morgan fingerprint density at radius 3 is 2.70 bits per heavy atom. The van der Waals surface area contributed by atoms with Crippen LogP contribution in [-0.4, -0.2) is 51.7 Å². The maximum atomic E-state index is 10.9. The van der Waals surface area contributed by atoms with Crippen LogP contribution in [0.2, 0.25) is 0 Å². The summed E-state index contributed by atoms with van der Waals surface area (Å²) in [6.07, 6.45) is 3.42. The second kappa shape index (κ2) is 5.55. The van der Waals surface area contributed by atoms with Gasteiger partial charge in [0.25, 0.3) is 5.69 Å². The SMILES string of the molecule is O=[N+]([O-])c1ccc2cnn(CN3CCC4(CC3)OCCO4)c2c1. The van der Waals surface area contributed by atoms with E-state index in [9.17, 15) is 10.1 Å². The summed E-state index contributed by atoms with van der Waals surface area (Å²) in [5, 5.41) is 16.2. The van der Waals surface area contributed by atoms with Crippen LogP contribution in [-0.2, 0) is 16.1 Å². The summed E-state index contributed by atoms with van der Waals surface area (Å²) in [7, 11) is 0. The molecule has 0 saturated carbocycles. The Bertz CT molecular complexity index is 728. The van der Waals surface area contributed by atoms with Gasteiger partial charge in [-0.25, -0.2) is 0 Å². The first-order valence-electron chi connectivity index (χ1n) is 7.75. The normalized spacial score (nSPS) is 21.2. The number of rotatable bonds is 3. The molecule has 1 spiro atoms. The number of non-ortho nitro benzene ring substituents is 1. The van der Waals surface area contributed by atoms with Crippen LogP contribution in [0.5, 0.6) is 0 Å². The van der Waals surface area contributed by atoms with Crippen molar-refractivity contribution in [3.63, 3.8) is 0 Å². The number of nitro benzene ring substituents is 1. The zero-order valence-electron chi connectivity index (χ0n) is 12.7. The van der Waals surface area contributed by atoms with Crippen molar-refractivity contribution in [2.45, 2.75) is 25.3 Å². The number of nitrogens with zero attached hydrogens (tertiary/aromatic N) is 4. The summed E-state index contributed by atoms with van der Waals surface area (Å²) in [5.74, 6) is -0.387. The third-order valence-corrected chi connectivity index (χ3v) is 4.60. The molecule has 0 aliphatic carbocycles. The molecule has 4 rings (SSSR count). The largest absolute Gasteiger partial charge is 0.347 e. The van der Waals surface area contributed by atoms with Gasteiger partial charge in [0.05, 0.1) is 36.5 Å². The molecule has 2 fully saturated rings. The van der Waals surface area contributed by atoms with Crippen molar-refractivity contribution in [3.05, 3.63) is 34.5 Å². The second-order valence-corrected chi connectivity index (χ2v) is 6.01. The summed E-state index contributed by atoms with van der Waals surface area (Å²) in [4.78, 5) is 12.8. The Kier molecular flexibility index (Phi) is 3.51. The predicted molar refractivity (Wildman–Crippen MR) is 81.8 cm³/mol. The van der Waals surface area contributed by atoms with Gasteiger partial charge in [0.2, 0.25) is 0 Å². The fourth-order valence-corrected chi connectivity index (χ4v) is 3.30. The van der Waals surface area contributed by atoms with E-state index in [0.29, 0.717) is 19.9 Å². The highest BCUT2D eigenvalue weighted by atomic mass is 16.7. The lowest BCUT2D eigenvalue weighted by Gasteiger charge is -2.37. The van der Waals surface area contributed by atoms with Crippen LogP contribution in [0, 0.1) is 10.1 Å². The average molecular weight is 318 g/mol. The van der Waals surface area contributed by atoms with E-state index in [2.05, 4.69) is 10.00 Å². The van der Waals surface area contributed by atoms with Gasteiger partial charge in [-0.2, -0.15) is 5.10 Å². The maximum absolute atomic E-state index is 10.9. The smallest absolute Gasteiger partial charge is 0.271 e. The number of nitro groups is 1. The highest BCUT2D eigenvalue weighted by molar-refractivity contribution is 5.80. The molecule has 2 aliphatic rings. The maximum Gasteiger partial charge on any atom is 0.271 e. The summed E-state index contributed by atoms with van der Waals surface area (Å²) in [5.41, 5.74) is 0.873. The minimum atomic E-state index is -0.387. The molecule has 2 aromatic rings. The van der Waals surface area contributed by atoms with Crippen LogP contribution in [0.3, 0.4) is 0 Å². The molecule has 3 heterocycles. The minimum Gasteiger partial charge on any atom is -0.347 e. The van der Waals surface area contributed by atoms with Crippen molar-refractivity contribution in [2.24, 2.45) is 0 Å². The predicted octanol–water partition coefficient (Wildman–Crippen LogP) is 1.74. The summed E-state index contributed by atoms with van der Waals surface area (Å²) >= 11 is 0. The molecule has 122 valence electrons. The molecule has 2 saturated heterocycles. The highest BCUT2D eigenvalue weighted by Crippen LogP contribution is 2.31. The van der Waals surface area contributed by atoms with Crippen LogP contribution in [0.1, 0.15) is 12.8 Å². The molecule has 0 amide bonds. The van der Waals surface area contributed by atoms with Crippen LogP contribution in [0.15, 0.2) is 24.4 Å². The summed E-state index contributed by atoms with van der Waals surface area (Å²) in [6, 6.07) is 4.83. The van der Waals surface area contributed by atoms with Crippen molar-refractivity contribution in [3.8, 4) is 0 Å². The Labute approximate surface area is 132 Å². The molecule has 2 aliphatic heterocycles. The summed E-state index contributed by atoms with van der Waals surface area (Å²) in [6.45, 7) is 3.67. The zero-order chi connectivity index (χ0) is 15.9. The third kappa shape index (κ3) is 2.69. The molecule has 1 aromatic carbocycles. The molecule has 0 atom stereocenters. The van der Waals surface area contributed by atoms with Gasteiger partial charge in [-0.1, -0.05) is 0 Å². The molecular weight excluding hydrogens is 300 g/mol. The van der Waals surface area contributed by atoms with Crippen molar-refractivity contribution >= 4 is 16.6 Å². The Hall–Kier alpha value is -2.03. The molecular formula is C15H18N4O4. The molecule has 1 aromatic heterocycles. The van der Waals surface area contributed by atoms with Gasteiger partial charge in [-0.15, -0.1) is 0 Å². The second-order valence-electron chi connectivity index (χ2n) is 6.01. The number of likely N-dealkylation sites (tertiary alicyclic amines) is 1. The number of hydrogen-bond donors (Lipinski definition) is 0. The fourth-order valence-electron chi connectivity index (χ4n) is 3.30. The fraction of sp³-hybridized carbons (Fsp3) is 0.533. The summed E-state index contributed by atoms with van der Waals surface area (Å²) < 4.78 is 13.3. The first-order chi connectivity index (χ1) is 11.2. The van der Waals surface area contributed by atoms with E-state index >= 15 is 0 Å². The van der Waals surface area contributed by atoms with E-state index in [4.69, 9.17) is 9.47 Å². The van der Waals surface area contributed by atoms with Gasteiger partial charge in [-0.05, 0) is 6.07 Å². The molecule has 0 radical (unpaired) electrons. The number of hydrogen-bond acceptors (Lipinski definition) is 6. The van der Waals surface area contributed by atoms with Crippen LogP contribution in [0.25, 0.3) is 10.9 Å². The van der Waals surface area contributed by atoms with Gasteiger partial charge in [0.15, 0.2) is 5.79 Å². The molecule has 8 nitrogen and oxygen atoms in total. The zero-order valence-corrected chi connectivity index (χ0v) is 12.7. The van der Waals surface area contributed by atoms with E-state index < -0.39 is 0 Å². The lowest BCUT2D eigenvalue weighted by atomic mass is 10.0. The van der Waals surface area contributed by atoms with Gasteiger partial charge >= 0.3 is 0 Å². The van der Waals surface area contributed by atoms with E-state index in [1.807, 2.05) is 4.68 Å². The van der Waals surface area contributed by atoms with E-state index in [0.717, 1.165) is 36.8 Å². The van der Waals surface area contributed by atoms with Gasteiger partial charge < -0.3 is 9.47 Å². The minimum absolute atomic E-state index is 0.0876. The average Bonchev–Trinajstić information content (AvgIpc) is 3.17. The molecule has 0 bridgehead atoms. The first kappa shape index (κ1) is 14.6. The van der Waals surface area contributed by atoms with E-state index in [-0.39, 0.29) is 16.4 Å². The standard InChI is InChI=1S/C15H18N4O4/c20-19(21)13-2-1-12-10-16-18(14(12)9-13)11-17-5-3-15(4-6-17)22-7-8-23-15/h1-2,9-10H,3-8,11H2. The van der Waals surface area contributed by atoms with Crippen LogP contribution >= 0.6 is 0 Å². The number of ether oxygens (including phenoxy) is 2. The lowest BCUT2D eigenvalue weighted by Crippen LogP contribution is -2.45. The quantitative estimate of drug-likeness (QED) is 0.633. The Balaban J connectivity index is 1.50. The van der Waals surface area contributed by atoms with Gasteiger partial charge in [0.1, 0.15) is 0 Å². The number of aromatic nitrogens is 2. The van der Waals surface area contributed by atoms with Crippen LogP contribution < -0.4 is 0 Å². The van der Waals surface area contributed by atoms with E-state index in [1.54, 1.807) is 18.3 Å². The third-order valence-electron chi connectivity index (χ3n) is 4.60. The van der Waals surface area contributed by atoms with Crippen LogP contribution in [0.4, 0.5) is 5.69 Å². The highest BCUT2D eigenvalue weighted by Gasteiger charge is 2.39. The van der Waals surface area contributed by atoms with Crippen molar-refractivity contribution in [2.75, 3.05) is 26.3 Å². The first-order valence-corrected chi connectivity index (χ1v) is 7.75. The van der Waals surface area contributed by atoms with Crippen molar-refractivity contribution in [1.29, 1.82) is 0 Å². The molecule has 23 heavy (non-hydrogen) atoms. The Morgan fingerprint density at radius 1 is 1.26 bits per heavy atom. The van der Waals surface area contributed by atoms with Gasteiger partial charge in [-0.3, -0.25) is 19.7 Å². The number of benzene rings is 1. The topological polar surface area (TPSA) is 82.7 Å². The monoisotopic (exact) mass is 318 g/mol. The molecule has 0 N–H and O–H groups in total. The Morgan fingerprint density at radius 2 is 2.00 bits per heavy atom. The van der Waals surface area contributed by atoms with Gasteiger partial charge in [0, 0.05) is 43.5 Å². The van der Waals surface area contributed by atoms with Crippen molar-refractivity contribution in [1.82, 2.24) is 14.7 Å². The number of piperidine rings is 1. The van der Waals surface area contributed by atoms with Crippen molar-refractivity contribution < 1.29 is 14.4 Å². The lowest BCUT2D eigenvalue weighted by molar-refractivity contribution is -0.384. The molecule has 8 heteroatoms. The van der Waals surface area contributed by atoms with E-state index in [1.165, 1.54) is 6.07 Å². The molecule has 0 unspecified atom stereocenters.